The van der Waals surface area contributed by atoms with Gasteiger partial charge in [-0.15, -0.1) is 0 Å². The molecule has 2 aromatic carbocycles. The molecule has 0 fully saturated rings. The van der Waals surface area contributed by atoms with Crippen LogP contribution in [0.5, 0.6) is 5.75 Å². The zero-order chi connectivity index (χ0) is 19.7. The Kier molecular flexibility index (Phi) is 4.83. The zero-order valence-corrected chi connectivity index (χ0v) is 16.5. The number of aromatic amines is 1. The molecule has 0 unspecified atom stereocenters. The average molecular weight is 438 g/mol. The number of carboxylic acid groups (broad SMARTS) is 1. The molecule has 0 saturated carbocycles. The molecular weight excluding hydrogens is 422 g/mol. The first-order valence-corrected chi connectivity index (χ1v) is 9.47. The number of pyridine rings is 1. The van der Waals surface area contributed by atoms with Crippen LogP contribution in [0.15, 0.2) is 59.1 Å². The van der Waals surface area contributed by atoms with Crippen molar-refractivity contribution in [3.63, 3.8) is 0 Å². The topological polar surface area (TPSA) is 88.1 Å². The number of aromatic carboxylic acids is 1. The number of nitrogens with zero attached hydrogens (tertiary/aromatic N) is 2. The summed E-state index contributed by atoms with van der Waals surface area (Å²) in [6.07, 6.45) is 0. The summed E-state index contributed by atoms with van der Waals surface area (Å²) in [4.78, 5) is 16.5. The third-order valence-corrected chi connectivity index (χ3v) is 4.88. The van der Waals surface area contributed by atoms with Gasteiger partial charge in [0.15, 0.2) is 5.65 Å². The van der Waals surface area contributed by atoms with Gasteiger partial charge in [0.25, 0.3) is 0 Å². The van der Waals surface area contributed by atoms with Gasteiger partial charge in [0.05, 0.1) is 28.9 Å². The Morgan fingerprint density at radius 3 is 2.43 bits per heavy atom. The van der Waals surface area contributed by atoms with Crippen LogP contribution in [0, 0.1) is 0 Å². The molecule has 7 heteroatoms. The average Bonchev–Trinajstić information content (AvgIpc) is 3.12. The lowest BCUT2D eigenvalue weighted by atomic mass is 10.0. The van der Waals surface area contributed by atoms with E-state index in [0.717, 1.165) is 21.3 Å². The lowest BCUT2D eigenvalue weighted by Crippen LogP contribution is -2.00. The fourth-order valence-electron chi connectivity index (χ4n) is 3.05. The van der Waals surface area contributed by atoms with E-state index in [1.165, 1.54) is 0 Å². The van der Waals surface area contributed by atoms with Crippen LogP contribution in [0.2, 0.25) is 0 Å². The maximum absolute atomic E-state index is 12.0. The van der Waals surface area contributed by atoms with E-state index in [9.17, 15) is 9.90 Å². The van der Waals surface area contributed by atoms with E-state index in [1.807, 2.05) is 55.5 Å². The molecule has 4 aromatic rings. The number of carboxylic acids is 1. The van der Waals surface area contributed by atoms with Crippen molar-refractivity contribution in [2.75, 3.05) is 6.61 Å². The van der Waals surface area contributed by atoms with Gasteiger partial charge < -0.3 is 9.84 Å². The second-order valence-corrected chi connectivity index (χ2v) is 7.04. The molecule has 6 nitrogen and oxygen atoms in total. The third-order valence-electron chi connectivity index (χ3n) is 4.35. The summed E-state index contributed by atoms with van der Waals surface area (Å²) in [5.74, 6) is -0.276. The van der Waals surface area contributed by atoms with E-state index in [0.29, 0.717) is 29.0 Å². The van der Waals surface area contributed by atoms with Crippen molar-refractivity contribution in [2.45, 2.75) is 6.92 Å². The smallest absolute Gasteiger partial charge is 0.336 e. The van der Waals surface area contributed by atoms with Crippen molar-refractivity contribution < 1.29 is 14.6 Å². The fraction of sp³-hybridized carbons (Fsp3) is 0.0952. The largest absolute Gasteiger partial charge is 0.494 e. The molecule has 28 heavy (non-hydrogen) atoms. The van der Waals surface area contributed by atoms with Gasteiger partial charge in [-0.05, 0) is 49.4 Å². The van der Waals surface area contributed by atoms with Crippen LogP contribution in [0.3, 0.4) is 0 Å². The Morgan fingerprint density at radius 1 is 1.11 bits per heavy atom. The third kappa shape index (κ3) is 3.36. The van der Waals surface area contributed by atoms with Gasteiger partial charge in [0.1, 0.15) is 5.75 Å². The van der Waals surface area contributed by atoms with Crippen LogP contribution in [0.1, 0.15) is 17.3 Å². The summed E-state index contributed by atoms with van der Waals surface area (Å²) >= 11 is 3.41. The molecule has 4 rings (SSSR count). The van der Waals surface area contributed by atoms with Crippen molar-refractivity contribution in [3.8, 4) is 28.3 Å². The van der Waals surface area contributed by atoms with Crippen molar-refractivity contribution in [1.29, 1.82) is 0 Å². The summed E-state index contributed by atoms with van der Waals surface area (Å²) in [5, 5.41) is 17.5. The molecule has 140 valence electrons. The van der Waals surface area contributed by atoms with E-state index in [4.69, 9.17) is 4.74 Å². The molecule has 2 aromatic heterocycles. The zero-order valence-electron chi connectivity index (χ0n) is 14.9. The quantitative estimate of drug-likeness (QED) is 0.450. The molecule has 2 heterocycles. The lowest BCUT2D eigenvalue weighted by Gasteiger charge is -2.07. The Morgan fingerprint density at radius 2 is 1.79 bits per heavy atom. The van der Waals surface area contributed by atoms with Gasteiger partial charge in [-0.3, -0.25) is 5.10 Å². The van der Waals surface area contributed by atoms with Crippen LogP contribution >= 0.6 is 15.9 Å². The SMILES string of the molecule is CCOc1ccc(-c2cc(C(=O)O)c3c(-c4ccc(Br)cc4)[nH]nc3n2)cc1. The highest BCUT2D eigenvalue weighted by Crippen LogP contribution is 2.32. The van der Waals surface area contributed by atoms with Crippen molar-refractivity contribution in [2.24, 2.45) is 0 Å². The maximum Gasteiger partial charge on any atom is 0.336 e. The Labute approximate surface area is 169 Å². The molecule has 0 aliphatic heterocycles. The van der Waals surface area contributed by atoms with Gasteiger partial charge >= 0.3 is 5.97 Å². The van der Waals surface area contributed by atoms with Gasteiger partial charge in [-0.2, -0.15) is 5.10 Å². The van der Waals surface area contributed by atoms with Gasteiger partial charge in [0, 0.05) is 15.6 Å². The second-order valence-electron chi connectivity index (χ2n) is 6.12. The summed E-state index contributed by atoms with van der Waals surface area (Å²) < 4.78 is 6.39. The number of halogens is 1. The number of nitrogens with one attached hydrogen (secondary N) is 1. The van der Waals surface area contributed by atoms with E-state index < -0.39 is 5.97 Å². The number of ether oxygens (including phenoxy) is 1. The summed E-state index contributed by atoms with van der Waals surface area (Å²) in [7, 11) is 0. The second kappa shape index (κ2) is 7.44. The number of H-pyrrole nitrogens is 1. The van der Waals surface area contributed by atoms with E-state index >= 15 is 0 Å². The highest BCUT2D eigenvalue weighted by molar-refractivity contribution is 9.10. The molecule has 0 saturated heterocycles. The first-order valence-electron chi connectivity index (χ1n) is 8.68. The molecule has 0 bridgehead atoms. The molecule has 0 radical (unpaired) electrons. The lowest BCUT2D eigenvalue weighted by molar-refractivity contribution is 0.0699. The number of rotatable bonds is 5. The van der Waals surface area contributed by atoms with Crippen molar-refractivity contribution >= 4 is 32.9 Å². The number of fused-ring (bicyclic) bond motifs is 1. The molecular formula is C21H16BrN3O3. The van der Waals surface area contributed by atoms with Crippen LogP contribution in [0.4, 0.5) is 0 Å². The molecule has 0 aliphatic carbocycles. The highest BCUT2D eigenvalue weighted by Gasteiger charge is 2.19. The highest BCUT2D eigenvalue weighted by atomic mass is 79.9. The standard InChI is InChI=1S/C21H16BrN3O3/c1-2-28-15-9-5-12(6-10-15)17-11-16(21(26)27)18-19(24-25-20(18)23-17)13-3-7-14(22)8-4-13/h3-11H,2H2,1H3,(H,26,27)(H,23,24,25). The molecule has 0 spiro atoms. The van der Waals surface area contributed by atoms with E-state index in [-0.39, 0.29) is 5.56 Å². The monoisotopic (exact) mass is 437 g/mol. The van der Waals surface area contributed by atoms with E-state index in [2.05, 4.69) is 31.1 Å². The Balaban J connectivity index is 1.85. The van der Waals surface area contributed by atoms with Crippen molar-refractivity contribution in [3.05, 3.63) is 64.6 Å². The minimum Gasteiger partial charge on any atom is -0.494 e. The van der Waals surface area contributed by atoms with Gasteiger partial charge in [0.2, 0.25) is 0 Å². The van der Waals surface area contributed by atoms with Gasteiger partial charge in [-0.1, -0.05) is 28.1 Å². The molecule has 0 atom stereocenters. The number of hydrogen-bond donors (Lipinski definition) is 2. The van der Waals surface area contributed by atoms with Gasteiger partial charge in [-0.25, -0.2) is 9.78 Å². The van der Waals surface area contributed by atoms with Crippen molar-refractivity contribution in [1.82, 2.24) is 15.2 Å². The number of carbonyl (C=O) groups is 1. The molecule has 0 amide bonds. The number of aromatic nitrogens is 3. The summed E-state index contributed by atoms with van der Waals surface area (Å²) in [6.45, 7) is 2.50. The maximum atomic E-state index is 12.0. The molecule has 2 N–H and O–H groups in total. The predicted molar refractivity (Wildman–Crippen MR) is 111 cm³/mol. The van der Waals surface area contributed by atoms with Crippen LogP contribution < -0.4 is 4.74 Å². The first-order chi connectivity index (χ1) is 13.6. The van der Waals surface area contributed by atoms with E-state index in [1.54, 1.807) is 6.07 Å². The number of hydrogen-bond acceptors (Lipinski definition) is 4. The minimum atomic E-state index is -1.03. The van der Waals surface area contributed by atoms with Crippen LogP contribution in [-0.4, -0.2) is 32.9 Å². The minimum absolute atomic E-state index is 0.153. The molecule has 0 aliphatic rings. The predicted octanol–water partition coefficient (Wildman–Crippen LogP) is 5.15. The summed E-state index contributed by atoms with van der Waals surface area (Å²) in [6, 6.07) is 16.5. The summed E-state index contributed by atoms with van der Waals surface area (Å²) in [5.41, 5.74) is 3.32. The normalized spacial score (nSPS) is 10.9. The van der Waals surface area contributed by atoms with Crippen LogP contribution in [-0.2, 0) is 0 Å². The first kappa shape index (κ1) is 18.2. The fourth-order valence-corrected chi connectivity index (χ4v) is 3.32. The van der Waals surface area contributed by atoms with Crippen LogP contribution in [0.25, 0.3) is 33.5 Å². The Bertz CT molecular complexity index is 1150. The Hall–Kier alpha value is -3.19. The number of benzene rings is 2.